The number of amides is 1. The number of benzene rings is 2. The van der Waals surface area contributed by atoms with Gasteiger partial charge in [-0.25, -0.2) is 4.39 Å². The summed E-state index contributed by atoms with van der Waals surface area (Å²) in [6, 6.07) is 11.7. The minimum Gasteiger partial charge on any atom is -0.350 e. The van der Waals surface area contributed by atoms with E-state index in [4.69, 9.17) is 5.73 Å². The van der Waals surface area contributed by atoms with Crippen LogP contribution in [0.3, 0.4) is 0 Å². The van der Waals surface area contributed by atoms with Gasteiger partial charge in [-0.05, 0) is 44.3 Å². The molecule has 0 aliphatic rings. The Morgan fingerprint density at radius 1 is 1.21 bits per heavy atom. The van der Waals surface area contributed by atoms with Gasteiger partial charge in [0.1, 0.15) is 11.9 Å². The summed E-state index contributed by atoms with van der Waals surface area (Å²) in [5.41, 5.74) is 9.33. The first-order valence-electron chi connectivity index (χ1n) is 7.88. The second-order valence-electron chi connectivity index (χ2n) is 6.27. The molecule has 0 saturated carbocycles. The van der Waals surface area contributed by atoms with Crippen LogP contribution in [0.15, 0.2) is 42.5 Å². The van der Waals surface area contributed by atoms with Gasteiger partial charge in [-0.15, -0.1) is 0 Å². The van der Waals surface area contributed by atoms with Crippen LogP contribution in [0, 0.1) is 12.7 Å². The zero-order valence-electron chi connectivity index (χ0n) is 14.3. The molecule has 1 unspecified atom stereocenters. The van der Waals surface area contributed by atoms with Crippen LogP contribution >= 0.6 is 0 Å². The SMILES string of the molecule is Cc1ccc(C(N)C(=O)NCc2ccc(F)c(CN(C)C)c2)cc1. The van der Waals surface area contributed by atoms with E-state index >= 15 is 0 Å². The fourth-order valence-corrected chi connectivity index (χ4v) is 2.42. The van der Waals surface area contributed by atoms with E-state index in [2.05, 4.69) is 5.32 Å². The predicted molar refractivity (Wildman–Crippen MR) is 93.7 cm³/mol. The normalized spacial score (nSPS) is 12.2. The van der Waals surface area contributed by atoms with E-state index < -0.39 is 6.04 Å². The summed E-state index contributed by atoms with van der Waals surface area (Å²) in [6.07, 6.45) is 0. The number of hydrogen-bond donors (Lipinski definition) is 2. The van der Waals surface area contributed by atoms with E-state index in [1.807, 2.05) is 50.2 Å². The zero-order valence-corrected chi connectivity index (χ0v) is 14.3. The molecule has 0 fully saturated rings. The van der Waals surface area contributed by atoms with Crippen molar-refractivity contribution in [1.29, 1.82) is 0 Å². The van der Waals surface area contributed by atoms with Crippen LogP contribution in [-0.4, -0.2) is 24.9 Å². The molecule has 0 aliphatic carbocycles. The molecule has 5 heteroatoms. The van der Waals surface area contributed by atoms with E-state index in [0.29, 0.717) is 18.7 Å². The Morgan fingerprint density at radius 3 is 2.50 bits per heavy atom. The standard InChI is InChI=1S/C19H24FN3O/c1-13-4-7-15(8-5-13)18(21)19(24)22-11-14-6-9-17(20)16(10-14)12-23(2)3/h4-10,18H,11-12,21H2,1-3H3,(H,22,24). The lowest BCUT2D eigenvalue weighted by atomic mass is 10.0. The van der Waals surface area contributed by atoms with Gasteiger partial charge in [0.15, 0.2) is 0 Å². The molecule has 24 heavy (non-hydrogen) atoms. The Balaban J connectivity index is 1.99. The minimum atomic E-state index is -0.715. The highest BCUT2D eigenvalue weighted by atomic mass is 19.1. The highest BCUT2D eigenvalue weighted by Gasteiger charge is 2.15. The highest BCUT2D eigenvalue weighted by Crippen LogP contribution is 2.14. The average Bonchev–Trinajstić information content (AvgIpc) is 2.55. The number of rotatable bonds is 6. The molecule has 0 spiro atoms. The van der Waals surface area contributed by atoms with Gasteiger partial charge in [-0.1, -0.05) is 35.9 Å². The van der Waals surface area contributed by atoms with Gasteiger partial charge in [0.2, 0.25) is 5.91 Å². The lowest BCUT2D eigenvalue weighted by Crippen LogP contribution is -2.33. The van der Waals surface area contributed by atoms with E-state index in [0.717, 1.165) is 16.7 Å². The number of carbonyl (C=O) groups excluding carboxylic acids is 1. The van der Waals surface area contributed by atoms with E-state index in [-0.39, 0.29) is 11.7 Å². The van der Waals surface area contributed by atoms with Crippen molar-refractivity contribution in [3.63, 3.8) is 0 Å². The number of aryl methyl sites for hydroxylation is 1. The van der Waals surface area contributed by atoms with E-state index in [1.54, 1.807) is 12.1 Å². The van der Waals surface area contributed by atoms with Gasteiger partial charge in [-0.2, -0.15) is 0 Å². The largest absolute Gasteiger partial charge is 0.350 e. The Bertz CT molecular complexity index is 698. The van der Waals surface area contributed by atoms with Crippen molar-refractivity contribution in [1.82, 2.24) is 10.2 Å². The fourth-order valence-electron chi connectivity index (χ4n) is 2.42. The highest BCUT2D eigenvalue weighted by molar-refractivity contribution is 5.82. The van der Waals surface area contributed by atoms with Crippen molar-refractivity contribution in [3.8, 4) is 0 Å². The van der Waals surface area contributed by atoms with Crippen LogP contribution in [0.25, 0.3) is 0 Å². The third-order valence-electron chi connectivity index (χ3n) is 3.78. The topological polar surface area (TPSA) is 58.4 Å². The molecule has 128 valence electrons. The lowest BCUT2D eigenvalue weighted by molar-refractivity contribution is -0.122. The van der Waals surface area contributed by atoms with Gasteiger partial charge in [0.05, 0.1) is 0 Å². The molecule has 0 heterocycles. The second kappa shape index (κ2) is 8.04. The van der Waals surface area contributed by atoms with Gasteiger partial charge in [0, 0.05) is 18.7 Å². The van der Waals surface area contributed by atoms with Crippen molar-refractivity contribution >= 4 is 5.91 Å². The molecule has 2 aromatic rings. The summed E-state index contributed by atoms with van der Waals surface area (Å²) in [7, 11) is 3.77. The monoisotopic (exact) mass is 329 g/mol. The first-order valence-corrected chi connectivity index (χ1v) is 7.88. The molecular formula is C19H24FN3O. The number of nitrogens with zero attached hydrogens (tertiary/aromatic N) is 1. The summed E-state index contributed by atoms with van der Waals surface area (Å²) >= 11 is 0. The van der Waals surface area contributed by atoms with Crippen LogP contribution in [0.5, 0.6) is 0 Å². The fraction of sp³-hybridized carbons (Fsp3) is 0.316. The van der Waals surface area contributed by atoms with Crippen molar-refractivity contribution in [3.05, 3.63) is 70.5 Å². The zero-order chi connectivity index (χ0) is 17.7. The van der Waals surface area contributed by atoms with Crippen LogP contribution in [0.1, 0.15) is 28.3 Å². The Labute approximate surface area is 142 Å². The first-order chi connectivity index (χ1) is 11.4. The van der Waals surface area contributed by atoms with Crippen molar-refractivity contribution in [2.24, 2.45) is 5.73 Å². The van der Waals surface area contributed by atoms with Gasteiger partial charge in [-0.3, -0.25) is 4.79 Å². The first kappa shape index (κ1) is 18.1. The molecule has 3 N–H and O–H groups in total. The Hall–Kier alpha value is -2.24. The van der Waals surface area contributed by atoms with Crippen molar-refractivity contribution in [2.75, 3.05) is 14.1 Å². The predicted octanol–water partition coefficient (Wildman–Crippen LogP) is 2.51. The molecule has 0 aromatic heterocycles. The summed E-state index contributed by atoms with van der Waals surface area (Å²) in [4.78, 5) is 14.1. The smallest absolute Gasteiger partial charge is 0.241 e. The number of nitrogens with one attached hydrogen (secondary N) is 1. The quantitative estimate of drug-likeness (QED) is 0.856. The molecule has 2 rings (SSSR count). The van der Waals surface area contributed by atoms with Gasteiger partial charge < -0.3 is 16.0 Å². The molecule has 1 amide bonds. The number of carbonyl (C=O) groups is 1. The summed E-state index contributed by atoms with van der Waals surface area (Å²) in [5, 5.41) is 2.81. The number of nitrogens with two attached hydrogens (primary N) is 1. The molecule has 0 aliphatic heterocycles. The Morgan fingerprint density at radius 2 is 1.88 bits per heavy atom. The van der Waals surface area contributed by atoms with Gasteiger partial charge in [0.25, 0.3) is 0 Å². The molecule has 2 aromatic carbocycles. The molecule has 4 nitrogen and oxygen atoms in total. The van der Waals surface area contributed by atoms with Gasteiger partial charge >= 0.3 is 0 Å². The maximum absolute atomic E-state index is 13.8. The maximum Gasteiger partial charge on any atom is 0.241 e. The number of hydrogen-bond acceptors (Lipinski definition) is 3. The van der Waals surface area contributed by atoms with Crippen molar-refractivity contribution < 1.29 is 9.18 Å². The van der Waals surface area contributed by atoms with E-state index in [1.165, 1.54) is 6.07 Å². The maximum atomic E-state index is 13.8. The van der Waals surface area contributed by atoms with Crippen molar-refractivity contribution in [2.45, 2.75) is 26.1 Å². The van der Waals surface area contributed by atoms with Crippen LogP contribution in [0.2, 0.25) is 0 Å². The Kier molecular flexibility index (Phi) is 6.06. The van der Waals surface area contributed by atoms with Crippen LogP contribution < -0.4 is 11.1 Å². The third-order valence-corrected chi connectivity index (χ3v) is 3.78. The molecule has 0 radical (unpaired) electrons. The summed E-state index contributed by atoms with van der Waals surface area (Å²) < 4.78 is 13.8. The molecule has 1 atom stereocenters. The third kappa shape index (κ3) is 4.88. The summed E-state index contributed by atoms with van der Waals surface area (Å²) in [5.74, 6) is -0.493. The summed E-state index contributed by atoms with van der Waals surface area (Å²) in [6.45, 7) is 2.81. The minimum absolute atomic E-state index is 0.241. The van der Waals surface area contributed by atoms with E-state index in [9.17, 15) is 9.18 Å². The average molecular weight is 329 g/mol. The lowest BCUT2D eigenvalue weighted by Gasteiger charge is -2.14. The van der Waals surface area contributed by atoms with Crippen LogP contribution in [0.4, 0.5) is 4.39 Å². The number of halogens is 1. The molecule has 0 bridgehead atoms. The van der Waals surface area contributed by atoms with Crippen LogP contribution in [-0.2, 0) is 17.9 Å². The molecular weight excluding hydrogens is 305 g/mol. The molecule has 0 saturated heterocycles. The second-order valence-corrected chi connectivity index (χ2v) is 6.27.